The highest BCUT2D eigenvalue weighted by atomic mass is 32.2. The van der Waals surface area contributed by atoms with Crippen molar-refractivity contribution in [1.82, 2.24) is 19.2 Å². The van der Waals surface area contributed by atoms with Gasteiger partial charge in [-0.05, 0) is 22.9 Å². The molecule has 7 nitrogen and oxygen atoms in total. The van der Waals surface area contributed by atoms with E-state index in [1.54, 1.807) is 17.0 Å². The highest BCUT2D eigenvalue weighted by Gasteiger charge is 2.30. The van der Waals surface area contributed by atoms with Crippen molar-refractivity contribution in [2.24, 2.45) is 0 Å². The van der Waals surface area contributed by atoms with E-state index in [0.717, 1.165) is 16.3 Å². The second-order valence-electron chi connectivity index (χ2n) is 7.87. The van der Waals surface area contributed by atoms with Crippen LogP contribution in [0.5, 0.6) is 0 Å². The summed E-state index contributed by atoms with van der Waals surface area (Å²) in [6.07, 6.45) is 3.05. The zero-order valence-corrected chi connectivity index (χ0v) is 18.6. The van der Waals surface area contributed by atoms with Crippen LogP contribution in [0.25, 0.3) is 22.2 Å². The quantitative estimate of drug-likeness (QED) is 0.468. The van der Waals surface area contributed by atoms with Gasteiger partial charge in [-0.2, -0.15) is 4.31 Å². The molecule has 1 aliphatic heterocycles. The first kappa shape index (κ1) is 21.2. The van der Waals surface area contributed by atoms with Gasteiger partial charge in [-0.3, -0.25) is 4.79 Å². The molecule has 166 valence electrons. The SMILES string of the molecule is O=C(c1cnc(-c2ccccc2)nc1)N1CCN(S(=O)(=O)c2ccc3ccccc3c2)CC1. The van der Waals surface area contributed by atoms with Gasteiger partial charge in [-0.25, -0.2) is 18.4 Å². The fraction of sp³-hybridized carbons (Fsp3) is 0.160. The topological polar surface area (TPSA) is 83.5 Å². The Morgan fingerprint density at radius 2 is 1.39 bits per heavy atom. The van der Waals surface area contributed by atoms with Crippen molar-refractivity contribution in [3.63, 3.8) is 0 Å². The lowest BCUT2D eigenvalue weighted by atomic mass is 10.1. The molecular formula is C25H22N4O3S. The van der Waals surface area contributed by atoms with Crippen molar-refractivity contribution < 1.29 is 13.2 Å². The molecule has 33 heavy (non-hydrogen) atoms. The third-order valence-electron chi connectivity index (χ3n) is 5.82. The number of rotatable bonds is 4. The molecule has 0 saturated carbocycles. The molecule has 3 aromatic carbocycles. The first-order valence-electron chi connectivity index (χ1n) is 10.7. The lowest BCUT2D eigenvalue weighted by Crippen LogP contribution is -2.50. The van der Waals surface area contributed by atoms with Crippen molar-refractivity contribution >= 4 is 26.7 Å². The van der Waals surface area contributed by atoms with Crippen LogP contribution in [0.1, 0.15) is 10.4 Å². The largest absolute Gasteiger partial charge is 0.336 e. The normalized spacial score (nSPS) is 15.0. The van der Waals surface area contributed by atoms with Crippen LogP contribution in [0.3, 0.4) is 0 Å². The van der Waals surface area contributed by atoms with E-state index in [9.17, 15) is 13.2 Å². The van der Waals surface area contributed by atoms with Gasteiger partial charge in [0.05, 0.1) is 10.5 Å². The van der Waals surface area contributed by atoms with E-state index < -0.39 is 10.0 Å². The van der Waals surface area contributed by atoms with Crippen LogP contribution in [-0.2, 0) is 10.0 Å². The van der Waals surface area contributed by atoms with Crippen molar-refractivity contribution in [1.29, 1.82) is 0 Å². The van der Waals surface area contributed by atoms with Gasteiger partial charge in [-0.1, -0.05) is 60.7 Å². The average Bonchev–Trinajstić information content (AvgIpc) is 2.88. The van der Waals surface area contributed by atoms with Crippen LogP contribution in [0.15, 0.2) is 90.1 Å². The predicted molar refractivity (Wildman–Crippen MR) is 126 cm³/mol. The Kier molecular flexibility index (Phi) is 5.62. The number of amides is 1. The first-order valence-corrected chi connectivity index (χ1v) is 12.1. The molecule has 1 aromatic heterocycles. The summed E-state index contributed by atoms with van der Waals surface area (Å²) in [5, 5.41) is 1.87. The second-order valence-corrected chi connectivity index (χ2v) is 9.80. The molecule has 1 saturated heterocycles. The Labute approximate surface area is 192 Å². The van der Waals surface area contributed by atoms with Gasteiger partial charge in [0.15, 0.2) is 5.82 Å². The number of fused-ring (bicyclic) bond motifs is 1. The number of piperazine rings is 1. The minimum atomic E-state index is -3.63. The number of aromatic nitrogens is 2. The van der Waals surface area contributed by atoms with Crippen molar-refractivity contribution in [2.45, 2.75) is 4.90 Å². The highest BCUT2D eigenvalue weighted by molar-refractivity contribution is 7.89. The summed E-state index contributed by atoms with van der Waals surface area (Å²) in [6, 6.07) is 22.4. The van der Waals surface area contributed by atoms with Crippen LogP contribution < -0.4 is 0 Å². The first-order chi connectivity index (χ1) is 16.0. The molecule has 5 rings (SSSR count). The third kappa shape index (κ3) is 4.22. The molecular weight excluding hydrogens is 436 g/mol. The molecule has 1 amide bonds. The van der Waals surface area contributed by atoms with E-state index in [1.807, 2.05) is 60.7 Å². The summed E-state index contributed by atoms with van der Waals surface area (Å²) in [5.41, 5.74) is 1.27. The monoisotopic (exact) mass is 458 g/mol. The Bertz CT molecular complexity index is 1400. The van der Waals surface area contributed by atoms with Crippen LogP contribution in [0.2, 0.25) is 0 Å². The van der Waals surface area contributed by atoms with E-state index in [1.165, 1.54) is 16.7 Å². The highest BCUT2D eigenvalue weighted by Crippen LogP contribution is 2.23. The van der Waals surface area contributed by atoms with Gasteiger partial charge in [0.25, 0.3) is 5.91 Å². The molecule has 4 aromatic rings. The lowest BCUT2D eigenvalue weighted by Gasteiger charge is -2.34. The maximum absolute atomic E-state index is 13.2. The number of hydrogen-bond acceptors (Lipinski definition) is 5. The van der Waals surface area contributed by atoms with Crippen molar-refractivity contribution in [3.8, 4) is 11.4 Å². The zero-order chi connectivity index (χ0) is 22.8. The average molecular weight is 459 g/mol. The zero-order valence-electron chi connectivity index (χ0n) is 17.8. The molecule has 0 radical (unpaired) electrons. The number of sulfonamides is 1. The van der Waals surface area contributed by atoms with Gasteiger partial charge >= 0.3 is 0 Å². The Hall–Kier alpha value is -3.62. The van der Waals surface area contributed by atoms with E-state index >= 15 is 0 Å². The Morgan fingerprint density at radius 1 is 0.758 bits per heavy atom. The molecule has 0 N–H and O–H groups in total. The lowest BCUT2D eigenvalue weighted by molar-refractivity contribution is 0.0697. The maximum Gasteiger partial charge on any atom is 0.257 e. The van der Waals surface area contributed by atoms with Crippen molar-refractivity contribution in [2.75, 3.05) is 26.2 Å². The third-order valence-corrected chi connectivity index (χ3v) is 7.71. The van der Waals surface area contributed by atoms with Gasteiger partial charge in [-0.15, -0.1) is 0 Å². The molecule has 0 unspecified atom stereocenters. The van der Waals surface area contributed by atoms with Crippen LogP contribution in [0, 0.1) is 0 Å². The molecule has 2 heterocycles. The molecule has 0 aliphatic carbocycles. The molecule has 1 fully saturated rings. The Balaban J connectivity index is 1.26. The summed E-state index contributed by atoms with van der Waals surface area (Å²) >= 11 is 0. The summed E-state index contributed by atoms with van der Waals surface area (Å²) < 4.78 is 27.7. The maximum atomic E-state index is 13.2. The number of benzene rings is 3. The van der Waals surface area contributed by atoms with Crippen LogP contribution in [-0.4, -0.2) is 59.7 Å². The second kappa shape index (κ2) is 8.73. The number of carbonyl (C=O) groups is 1. The van der Waals surface area contributed by atoms with Crippen LogP contribution >= 0.6 is 0 Å². The number of nitrogens with zero attached hydrogens (tertiary/aromatic N) is 4. The number of hydrogen-bond donors (Lipinski definition) is 0. The van der Waals surface area contributed by atoms with E-state index in [-0.39, 0.29) is 23.9 Å². The fourth-order valence-electron chi connectivity index (χ4n) is 3.97. The van der Waals surface area contributed by atoms with Gasteiger partial charge in [0.1, 0.15) is 0 Å². The molecule has 0 spiro atoms. The minimum Gasteiger partial charge on any atom is -0.336 e. The smallest absolute Gasteiger partial charge is 0.257 e. The fourth-order valence-corrected chi connectivity index (χ4v) is 5.42. The summed E-state index contributed by atoms with van der Waals surface area (Å²) in [7, 11) is -3.63. The van der Waals surface area contributed by atoms with Crippen molar-refractivity contribution in [3.05, 3.63) is 90.8 Å². The summed E-state index contributed by atoms with van der Waals surface area (Å²) in [4.78, 5) is 23.5. The molecule has 0 bridgehead atoms. The van der Waals surface area contributed by atoms with E-state index in [0.29, 0.717) is 24.5 Å². The van der Waals surface area contributed by atoms with E-state index in [4.69, 9.17) is 0 Å². The minimum absolute atomic E-state index is 0.197. The molecule has 8 heteroatoms. The van der Waals surface area contributed by atoms with E-state index in [2.05, 4.69) is 9.97 Å². The van der Waals surface area contributed by atoms with Crippen LogP contribution in [0.4, 0.5) is 0 Å². The predicted octanol–water partition coefficient (Wildman–Crippen LogP) is 3.44. The van der Waals surface area contributed by atoms with Gasteiger partial charge < -0.3 is 4.90 Å². The summed E-state index contributed by atoms with van der Waals surface area (Å²) in [6.45, 7) is 1.10. The summed E-state index contributed by atoms with van der Waals surface area (Å²) in [5.74, 6) is 0.357. The standard InChI is InChI=1S/C25H22N4O3S/c30-25(22-17-26-24(27-18-22)20-7-2-1-3-8-20)28-12-14-29(15-13-28)33(31,32)23-11-10-19-6-4-5-9-21(19)16-23/h1-11,16-18H,12-15H2. The Morgan fingerprint density at radius 3 is 2.09 bits per heavy atom. The van der Waals surface area contributed by atoms with Gasteiger partial charge in [0, 0.05) is 44.1 Å². The molecule has 1 aliphatic rings. The van der Waals surface area contributed by atoms with Gasteiger partial charge in [0.2, 0.25) is 10.0 Å². The molecule has 0 atom stereocenters. The number of carbonyl (C=O) groups excluding carboxylic acids is 1.